The number of nitrogens with two attached hydrogens (primary N) is 1. The highest BCUT2D eigenvalue weighted by atomic mass is 32.1. The minimum absolute atomic E-state index is 0.109. The fourth-order valence-electron chi connectivity index (χ4n) is 4.22. The summed E-state index contributed by atoms with van der Waals surface area (Å²) in [4.78, 5) is 82.7. The molecule has 20 nitrogen and oxygen atoms in total. The Balaban J connectivity index is 2.27. The number of ether oxygens (including phenoxy) is 8. The van der Waals surface area contributed by atoms with E-state index in [0.29, 0.717) is 5.75 Å². The molecule has 1 saturated heterocycles. The van der Waals surface area contributed by atoms with E-state index in [9.17, 15) is 38.9 Å². The van der Waals surface area contributed by atoms with Crippen molar-refractivity contribution in [3.8, 4) is 5.75 Å². The van der Waals surface area contributed by atoms with Crippen LogP contribution in [0.4, 0.5) is 15.3 Å². The van der Waals surface area contributed by atoms with Gasteiger partial charge in [-0.1, -0.05) is 6.07 Å². The first-order valence-electron chi connectivity index (χ1n) is 14.6. The number of nitrogens with one attached hydrogen (secondary N) is 2. The minimum Gasteiger partial charge on any atom is -0.463 e. The summed E-state index contributed by atoms with van der Waals surface area (Å²) in [5.41, 5.74) is 5.07. The van der Waals surface area contributed by atoms with Gasteiger partial charge in [0.1, 0.15) is 25.4 Å². The van der Waals surface area contributed by atoms with Crippen molar-refractivity contribution in [2.45, 2.75) is 71.1 Å². The van der Waals surface area contributed by atoms with Crippen LogP contribution >= 0.6 is 12.6 Å². The summed E-state index contributed by atoms with van der Waals surface area (Å²) in [6, 6.07) is 3.49. The number of rotatable bonds is 16. The van der Waals surface area contributed by atoms with E-state index in [0.717, 1.165) is 39.8 Å². The van der Waals surface area contributed by atoms with Crippen molar-refractivity contribution in [3.05, 3.63) is 33.9 Å². The molecular weight excluding hydrogens is 680 g/mol. The molecule has 0 aromatic heterocycles. The van der Waals surface area contributed by atoms with Gasteiger partial charge in [-0.25, -0.2) is 9.59 Å². The zero-order chi connectivity index (χ0) is 36.7. The predicted octanol–water partition coefficient (Wildman–Crippen LogP) is 0.266. The van der Waals surface area contributed by atoms with Crippen molar-refractivity contribution in [1.29, 1.82) is 0 Å². The molecule has 0 radical (unpaired) electrons. The summed E-state index contributed by atoms with van der Waals surface area (Å²) >= 11 is 3.96. The quantitative estimate of drug-likeness (QED) is 0.0587. The lowest BCUT2D eigenvalue weighted by Gasteiger charge is -2.43. The minimum atomic E-state index is -1.73. The number of alkyl carbamates (subject to hydrolysis) is 2. The first-order valence-corrected chi connectivity index (χ1v) is 15.2. The Bertz CT molecular complexity index is 1360. The number of nitrogens with zero attached hydrogens (tertiary/aromatic N) is 1. The second-order valence-electron chi connectivity index (χ2n) is 10.1. The lowest BCUT2D eigenvalue weighted by Crippen LogP contribution is -2.63. The number of thiol groups is 1. The van der Waals surface area contributed by atoms with Crippen LogP contribution in [0, 0.1) is 10.1 Å². The summed E-state index contributed by atoms with van der Waals surface area (Å²) in [5.74, 6) is -3.41. The second-order valence-corrected chi connectivity index (χ2v) is 10.6. The van der Waals surface area contributed by atoms with Gasteiger partial charge in [-0.15, -0.1) is 0 Å². The molecule has 6 atom stereocenters. The van der Waals surface area contributed by atoms with E-state index in [4.69, 9.17) is 43.6 Å². The van der Waals surface area contributed by atoms with Crippen molar-refractivity contribution in [3.63, 3.8) is 0 Å². The molecule has 49 heavy (non-hydrogen) atoms. The third-order valence-corrected chi connectivity index (χ3v) is 6.40. The Morgan fingerprint density at radius 2 is 1.55 bits per heavy atom. The van der Waals surface area contributed by atoms with Crippen LogP contribution in [0.15, 0.2) is 18.2 Å². The molecule has 0 spiro atoms. The molecule has 2 amide bonds. The van der Waals surface area contributed by atoms with E-state index in [1.165, 1.54) is 6.07 Å². The molecule has 2 rings (SSSR count). The fraction of sp³-hybridized carbons (Fsp3) is 0.571. The van der Waals surface area contributed by atoms with Crippen LogP contribution in [0.5, 0.6) is 5.75 Å². The molecule has 1 aromatic carbocycles. The maximum Gasteiger partial charge on any atom is 0.407 e. The number of hydrogen-bond donors (Lipinski definition) is 4. The van der Waals surface area contributed by atoms with Crippen LogP contribution in [0.2, 0.25) is 0 Å². The Morgan fingerprint density at radius 1 is 0.918 bits per heavy atom. The largest absolute Gasteiger partial charge is 0.463 e. The maximum absolute atomic E-state index is 12.2. The third kappa shape index (κ3) is 13.6. The summed E-state index contributed by atoms with van der Waals surface area (Å²) < 4.78 is 42.7. The lowest BCUT2D eigenvalue weighted by atomic mass is 9.98. The number of nitro groups is 1. The van der Waals surface area contributed by atoms with Crippen LogP contribution < -0.4 is 21.1 Å². The monoisotopic (exact) mass is 718 g/mol. The van der Waals surface area contributed by atoms with E-state index < -0.39 is 102 Å². The van der Waals surface area contributed by atoms with Crippen LogP contribution in [-0.2, 0) is 58.9 Å². The van der Waals surface area contributed by atoms with Crippen molar-refractivity contribution in [1.82, 2.24) is 10.6 Å². The average Bonchev–Trinajstić information content (AvgIpc) is 3.02. The van der Waals surface area contributed by atoms with Crippen LogP contribution in [-0.4, -0.2) is 110 Å². The van der Waals surface area contributed by atoms with E-state index >= 15 is 0 Å². The van der Waals surface area contributed by atoms with Crippen LogP contribution in [0.3, 0.4) is 0 Å². The second kappa shape index (κ2) is 19.8. The molecule has 1 heterocycles. The summed E-state index contributed by atoms with van der Waals surface area (Å²) in [5, 5.41) is 16.8. The van der Waals surface area contributed by atoms with Gasteiger partial charge in [0.25, 0.3) is 0 Å². The Labute approximate surface area is 285 Å². The van der Waals surface area contributed by atoms with Gasteiger partial charge in [-0.2, -0.15) is 12.6 Å². The lowest BCUT2D eigenvalue weighted by molar-refractivity contribution is -0.387. The Hall–Kier alpha value is -4.89. The number of benzene rings is 1. The van der Waals surface area contributed by atoms with Crippen molar-refractivity contribution >= 4 is 54.4 Å². The van der Waals surface area contributed by atoms with Crippen LogP contribution in [0.1, 0.15) is 33.3 Å². The molecule has 4 N–H and O–H groups in total. The molecule has 3 unspecified atom stereocenters. The smallest absolute Gasteiger partial charge is 0.407 e. The number of esters is 4. The normalized spacial score (nSPS) is 20.4. The Kier molecular flexibility index (Phi) is 16.3. The fourth-order valence-corrected chi connectivity index (χ4v) is 4.34. The third-order valence-electron chi connectivity index (χ3n) is 6.17. The molecule has 1 aromatic rings. The highest BCUT2D eigenvalue weighted by molar-refractivity contribution is 7.80. The number of amides is 2. The highest BCUT2D eigenvalue weighted by Crippen LogP contribution is 2.35. The molecular formula is C28H38N4O16S. The first-order chi connectivity index (χ1) is 23.1. The highest BCUT2D eigenvalue weighted by Gasteiger charge is 2.53. The molecule has 0 saturated carbocycles. The number of carbonyl (C=O) groups is 6. The SMILES string of the molecule is CC(=O)OCC1O[C@@H](Oc2ccc(COC(=O)NCC(CN)OC(=O)NCCS)cc2[N+](=O)[O-])[C@@H](OC(C)=O)C(OC(C)=O)[C@H]1OC(C)=O. The molecule has 0 aliphatic carbocycles. The van der Waals surface area contributed by atoms with Gasteiger partial charge in [-0.05, 0) is 11.6 Å². The summed E-state index contributed by atoms with van der Waals surface area (Å²) in [7, 11) is 0. The zero-order valence-electron chi connectivity index (χ0n) is 26.9. The van der Waals surface area contributed by atoms with Crippen molar-refractivity contribution in [2.75, 3.05) is 32.0 Å². The number of nitro benzene ring substituents is 1. The topological polar surface area (TPSA) is 269 Å². The molecule has 272 valence electrons. The van der Waals surface area contributed by atoms with E-state index in [1.807, 2.05) is 0 Å². The molecule has 0 bridgehead atoms. The van der Waals surface area contributed by atoms with Crippen molar-refractivity contribution < 1.29 is 71.6 Å². The number of carbonyl (C=O) groups excluding carboxylic acids is 6. The predicted molar refractivity (Wildman–Crippen MR) is 165 cm³/mol. The van der Waals surface area contributed by atoms with E-state index in [2.05, 4.69) is 23.3 Å². The van der Waals surface area contributed by atoms with Gasteiger partial charge in [0.05, 0.1) is 11.5 Å². The molecule has 1 aliphatic heterocycles. The maximum atomic E-state index is 12.2. The van der Waals surface area contributed by atoms with Gasteiger partial charge in [0.2, 0.25) is 12.4 Å². The first kappa shape index (κ1) is 40.3. The Morgan fingerprint density at radius 3 is 2.12 bits per heavy atom. The van der Waals surface area contributed by atoms with E-state index in [-0.39, 0.29) is 25.2 Å². The molecule has 1 fully saturated rings. The zero-order valence-corrected chi connectivity index (χ0v) is 27.8. The van der Waals surface area contributed by atoms with Crippen molar-refractivity contribution in [2.24, 2.45) is 5.73 Å². The van der Waals surface area contributed by atoms with Crippen LogP contribution in [0.25, 0.3) is 0 Å². The van der Waals surface area contributed by atoms with E-state index in [1.54, 1.807) is 0 Å². The van der Waals surface area contributed by atoms with Gasteiger partial charge in [-0.3, -0.25) is 29.3 Å². The van der Waals surface area contributed by atoms with Gasteiger partial charge >= 0.3 is 41.8 Å². The standard InChI is InChI=1S/C28H38N4O16S/c1-14(33)41-13-22-23(43-15(2)34)24(44-16(3)35)25(45-17(4)36)26(48-22)47-21-6-5-18(9-20(21)32(39)40)12-42-27(37)31-11-19(10-29)46-28(38)30-7-8-49/h5-6,9,19,22-26,49H,7-8,10-13,29H2,1-4H3,(H,30,38)(H,31,37)/t19?,22?,23-,24?,25-,26+/m0/s1. The number of hydrogen-bond acceptors (Lipinski definition) is 18. The molecule has 21 heteroatoms. The summed E-state index contributed by atoms with van der Waals surface area (Å²) in [6.07, 6.45) is -10.3. The van der Waals surface area contributed by atoms with Gasteiger partial charge in [0.15, 0.2) is 18.0 Å². The molecule has 1 aliphatic rings. The van der Waals surface area contributed by atoms with Gasteiger partial charge in [0, 0.05) is 52.6 Å². The summed E-state index contributed by atoms with van der Waals surface area (Å²) in [6.45, 7) is 3.17. The van der Waals surface area contributed by atoms with Gasteiger partial charge < -0.3 is 54.3 Å². The average molecular weight is 719 g/mol.